The molecule has 0 atom stereocenters. The summed E-state index contributed by atoms with van der Waals surface area (Å²) < 4.78 is 4.96. The highest BCUT2D eigenvalue weighted by Crippen LogP contribution is 2.20. The fraction of sp³-hybridized carbons (Fsp3) is 0.312. The number of rotatable bonds is 5. The molecule has 5 nitrogen and oxygen atoms in total. The molecule has 0 saturated heterocycles. The number of esters is 1. The summed E-state index contributed by atoms with van der Waals surface area (Å²) in [5.74, 6) is -0.546. The zero-order valence-electron chi connectivity index (χ0n) is 12.8. The third-order valence-corrected chi connectivity index (χ3v) is 4.09. The van der Waals surface area contributed by atoms with Gasteiger partial charge in [-0.3, -0.25) is 4.79 Å². The standard InChI is InChI=1S/C16H18N2O3S/c1-4-21-16(20)15-11(3)17-14(22-15)9-13(19)18-12-7-5-10(2)6-8-12/h5-8H,4,9H2,1-3H3,(H,18,19). The minimum Gasteiger partial charge on any atom is -0.462 e. The van der Waals surface area contributed by atoms with Crippen molar-refractivity contribution >= 4 is 28.9 Å². The van der Waals surface area contributed by atoms with Crippen LogP contribution in [0.1, 0.15) is 32.9 Å². The molecule has 0 spiro atoms. The first-order valence-electron chi connectivity index (χ1n) is 6.99. The largest absolute Gasteiger partial charge is 0.462 e. The van der Waals surface area contributed by atoms with Gasteiger partial charge in [-0.1, -0.05) is 17.7 Å². The van der Waals surface area contributed by atoms with E-state index in [0.717, 1.165) is 11.3 Å². The summed E-state index contributed by atoms with van der Waals surface area (Å²) in [5.41, 5.74) is 2.48. The molecule has 0 aliphatic carbocycles. The molecule has 1 aromatic carbocycles. The molecule has 1 heterocycles. The molecule has 0 aliphatic rings. The predicted molar refractivity (Wildman–Crippen MR) is 86.3 cm³/mol. The van der Waals surface area contributed by atoms with E-state index in [1.807, 2.05) is 31.2 Å². The Morgan fingerprint density at radius 1 is 1.23 bits per heavy atom. The second kappa shape index (κ2) is 7.17. The minimum atomic E-state index is -0.386. The van der Waals surface area contributed by atoms with Gasteiger partial charge in [0.15, 0.2) is 0 Å². The Bertz CT molecular complexity index is 677. The molecule has 2 aromatic rings. The van der Waals surface area contributed by atoms with Crippen LogP contribution in [0.2, 0.25) is 0 Å². The second-order valence-electron chi connectivity index (χ2n) is 4.83. The molecular weight excluding hydrogens is 300 g/mol. The van der Waals surface area contributed by atoms with Gasteiger partial charge in [0, 0.05) is 5.69 Å². The van der Waals surface area contributed by atoms with Gasteiger partial charge in [0.1, 0.15) is 9.88 Å². The highest BCUT2D eigenvalue weighted by atomic mass is 32.1. The maximum Gasteiger partial charge on any atom is 0.350 e. The average molecular weight is 318 g/mol. The Morgan fingerprint density at radius 2 is 1.91 bits per heavy atom. The lowest BCUT2D eigenvalue weighted by Crippen LogP contribution is -2.14. The third kappa shape index (κ3) is 4.14. The van der Waals surface area contributed by atoms with E-state index in [1.54, 1.807) is 13.8 Å². The van der Waals surface area contributed by atoms with Gasteiger partial charge in [-0.2, -0.15) is 0 Å². The van der Waals surface area contributed by atoms with Crippen LogP contribution in [0.4, 0.5) is 5.69 Å². The fourth-order valence-corrected chi connectivity index (χ4v) is 2.85. The number of benzene rings is 1. The molecule has 0 aliphatic heterocycles. The Labute approximate surface area is 133 Å². The molecule has 1 aromatic heterocycles. The van der Waals surface area contributed by atoms with E-state index in [9.17, 15) is 9.59 Å². The number of hydrogen-bond donors (Lipinski definition) is 1. The van der Waals surface area contributed by atoms with Gasteiger partial charge in [0.05, 0.1) is 18.7 Å². The van der Waals surface area contributed by atoms with Crippen LogP contribution < -0.4 is 5.32 Å². The number of aryl methyl sites for hydroxylation is 2. The van der Waals surface area contributed by atoms with E-state index in [2.05, 4.69) is 10.3 Å². The van der Waals surface area contributed by atoms with Crippen LogP contribution in [-0.4, -0.2) is 23.5 Å². The monoisotopic (exact) mass is 318 g/mol. The van der Waals surface area contributed by atoms with Gasteiger partial charge in [0.25, 0.3) is 0 Å². The summed E-state index contributed by atoms with van der Waals surface area (Å²) in [5, 5.41) is 3.41. The molecule has 0 unspecified atom stereocenters. The van der Waals surface area contributed by atoms with Crippen LogP contribution in [0.3, 0.4) is 0 Å². The van der Waals surface area contributed by atoms with E-state index in [4.69, 9.17) is 4.74 Å². The first-order valence-corrected chi connectivity index (χ1v) is 7.81. The average Bonchev–Trinajstić information content (AvgIpc) is 2.82. The van der Waals surface area contributed by atoms with Gasteiger partial charge < -0.3 is 10.1 Å². The number of ether oxygens (including phenoxy) is 1. The second-order valence-corrected chi connectivity index (χ2v) is 5.92. The van der Waals surface area contributed by atoms with E-state index in [-0.39, 0.29) is 18.3 Å². The lowest BCUT2D eigenvalue weighted by atomic mass is 10.2. The van der Waals surface area contributed by atoms with Crippen molar-refractivity contribution in [1.29, 1.82) is 0 Å². The molecule has 1 N–H and O–H groups in total. The highest BCUT2D eigenvalue weighted by Gasteiger charge is 2.17. The predicted octanol–water partition coefficient (Wildman–Crippen LogP) is 3.12. The van der Waals surface area contributed by atoms with Crippen molar-refractivity contribution in [3.05, 3.63) is 45.4 Å². The molecule has 22 heavy (non-hydrogen) atoms. The number of thiazole rings is 1. The van der Waals surface area contributed by atoms with Crippen LogP contribution in [0.25, 0.3) is 0 Å². The molecule has 116 valence electrons. The SMILES string of the molecule is CCOC(=O)c1sc(CC(=O)Nc2ccc(C)cc2)nc1C. The van der Waals surface area contributed by atoms with Crippen LogP contribution >= 0.6 is 11.3 Å². The number of anilines is 1. The molecule has 6 heteroatoms. The zero-order chi connectivity index (χ0) is 16.1. The Morgan fingerprint density at radius 3 is 2.55 bits per heavy atom. The summed E-state index contributed by atoms with van der Waals surface area (Å²) in [6, 6.07) is 7.57. The minimum absolute atomic E-state index is 0.138. The van der Waals surface area contributed by atoms with Crippen molar-refractivity contribution in [1.82, 2.24) is 4.98 Å². The Balaban J connectivity index is 2.01. The fourth-order valence-electron chi connectivity index (χ4n) is 1.89. The summed E-state index contributed by atoms with van der Waals surface area (Å²) in [6.07, 6.45) is 0.138. The van der Waals surface area contributed by atoms with Crippen LogP contribution in [0.5, 0.6) is 0 Å². The molecule has 0 saturated carbocycles. The van der Waals surface area contributed by atoms with Gasteiger partial charge in [-0.15, -0.1) is 11.3 Å². The normalized spacial score (nSPS) is 10.3. The summed E-state index contributed by atoms with van der Waals surface area (Å²) in [7, 11) is 0. The van der Waals surface area contributed by atoms with Gasteiger partial charge >= 0.3 is 5.97 Å². The van der Waals surface area contributed by atoms with E-state index in [1.165, 1.54) is 11.3 Å². The van der Waals surface area contributed by atoms with Crippen molar-refractivity contribution in [2.24, 2.45) is 0 Å². The number of nitrogens with one attached hydrogen (secondary N) is 1. The van der Waals surface area contributed by atoms with Gasteiger partial charge in [-0.05, 0) is 32.9 Å². The van der Waals surface area contributed by atoms with Crippen molar-refractivity contribution in [2.75, 3.05) is 11.9 Å². The molecule has 0 fully saturated rings. The van der Waals surface area contributed by atoms with Crippen molar-refractivity contribution in [2.45, 2.75) is 27.2 Å². The first-order chi connectivity index (χ1) is 10.5. The van der Waals surface area contributed by atoms with Crippen molar-refractivity contribution in [3.8, 4) is 0 Å². The maximum absolute atomic E-state index is 12.0. The van der Waals surface area contributed by atoms with Crippen LogP contribution in [-0.2, 0) is 16.0 Å². The lowest BCUT2D eigenvalue weighted by Gasteiger charge is -2.03. The Kier molecular flexibility index (Phi) is 5.27. The first kappa shape index (κ1) is 16.2. The quantitative estimate of drug-likeness (QED) is 0.860. The number of carbonyl (C=O) groups is 2. The number of carbonyl (C=O) groups excluding carboxylic acids is 2. The molecule has 0 radical (unpaired) electrons. The zero-order valence-corrected chi connectivity index (χ0v) is 13.6. The summed E-state index contributed by atoms with van der Waals surface area (Å²) in [6.45, 7) is 5.80. The summed E-state index contributed by atoms with van der Waals surface area (Å²) >= 11 is 1.20. The number of nitrogens with zero attached hydrogens (tertiary/aromatic N) is 1. The topological polar surface area (TPSA) is 68.3 Å². The number of amides is 1. The molecular formula is C16H18N2O3S. The van der Waals surface area contributed by atoms with E-state index in [0.29, 0.717) is 22.2 Å². The maximum atomic E-state index is 12.0. The highest BCUT2D eigenvalue weighted by molar-refractivity contribution is 7.13. The molecule has 2 rings (SSSR count). The van der Waals surface area contributed by atoms with Crippen molar-refractivity contribution < 1.29 is 14.3 Å². The van der Waals surface area contributed by atoms with Gasteiger partial charge in [0.2, 0.25) is 5.91 Å². The number of aromatic nitrogens is 1. The van der Waals surface area contributed by atoms with Crippen molar-refractivity contribution in [3.63, 3.8) is 0 Å². The van der Waals surface area contributed by atoms with E-state index >= 15 is 0 Å². The lowest BCUT2D eigenvalue weighted by molar-refractivity contribution is -0.115. The number of hydrogen-bond acceptors (Lipinski definition) is 5. The molecule has 0 bridgehead atoms. The molecule has 1 amide bonds. The summed E-state index contributed by atoms with van der Waals surface area (Å²) in [4.78, 5) is 28.5. The smallest absolute Gasteiger partial charge is 0.350 e. The third-order valence-electron chi connectivity index (χ3n) is 2.95. The Hall–Kier alpha value is -2.21. The van der Waals surface area contributed by atoms with Gasteiger partial charge in [-0.25, -0.2) is 9.78 Å². The van der Waals surface area contributed by atoms with Crippen LogP contribution in [0, 0.1) is 13.8 Å². The van der Waals surface area contributed by atoms with E-state index < -0.39 is 0 Å². The van der Waals surface area contributed by atoms with Crippen LogP contribution in [0.15, 0.2) is 24.3 Å².